The molecule has 0 radical (unpaired) electrons. The number of nitriles is 1. The minimum Gasteiger partial charge on any atom is -0.508 e. The molecule has 1 aliphatic heterocycles. The van der Waals surface area contributed by atoms with Gasteiger partial charge in [0.2, 0.25) is 0 Å². The zero-order chi connectivity index (χ0) is 13.0. The van der Waals surface area contributed by atoms with E-state index < -0.39 is 0 Å². The van der Waals surface area contributed by atoms with Gasteiger partial charge in [0.1, 0.15) is 11.5 Å². The van der Waals surface area contributed by atoms with Crippen LogP contribution in [0.5, 0.6) is 11.5 Å². The summed E-state index contributed by atoms with van der Waals surface area (Å²) >= 11 is 0. The van der Waals surface area contributed by atoms with Crippen molar-refractivity contribution in [2.45, 2.75) is 12.5 Å². The second-order valence-electron chi connectivity index (χ2n) is 4.45. The molecule has 0 amide bonds. The second kappa shape index (κ2) is 8.88. The van der Waals surface area contributed by atoms with Crippen LogP contribution in [0.25, 0.3) is 0 Å². The molecule has 1 aromatic rings. The van der Waals surface area contributed by atoms with E-state index in [1.165, 1.54) is 6.07 Å². The van der Waals surface area contributed by atoms with E-state index in [0.29, 0.717) is 6.42 Å². The van der Waals surface area contributed by atoms with Gasteiger partial charge in [-0.15, -0.1) is 24.8 Å². The van der Waals surface area contributed by atoms with Gasteiger partial charge in [0, 0.05) is 38.3 Å². The first-order valence-corrected chi connectivity index (χ1v) is 6.05. The molecule has 0 spiro atoms. The van der Waals surface area contributed by atoms with Gasteiger partial charge >= 0.3 is 0 Å². The van der Waals surface area contributed by atoms with E-state index >= 15 is 0 Å². The van der Waals surface area contributed by atoms with Crippen molar-refractivity contribution >= 4 is 24.8 Å². The monoisotopic (exact) mass is 319 g/mol. The minimum absolute atomic E-state index is 0. The van der Waals surface area contributed by atoms with Crippen LogP contribution in [-0.4, -0.2) is 41.3 Å². The maximum absolute atomic E-state index is 9.54. The number of aromatic hydroxyl groups is 2. The van der Waals surface area contributed by atoms with Crippen LogP contribution in [0.15, 0.2) is 18.2 Å². The molecular formula is C13H19Cl2N3O2. The lowest BCUT2D eigenvalue weighted by molar-refractivity contribution is 0.175. The molecule has 1 atom stereocenters. The van der Waals surface area contributed by atoms with E-state index in [0.717, 1.165) is 31.7 Å². The van der Waals surface area contributed by atoms with Gasteiger partial charge in [0.25, 0.3) is 0 Å². The summed E-state index contributed by atoms with van der Waals surface area (Å²) in [6.45, 7) is 3.52. The first-order valence-electron chi connectivity index (χ1n) is 6.05. The lowest BCUT2D eigenvalue weighted by Crippen LogP contribution is -2.45. The number of phenolic OH excluding ortho intramolecular Hbond substituents is 2. The Bertz CT molecular complexity index is 439. The summed E-state index contributed by atoms with van der Waals surface area (Å²) in [6, 6.07) is 6.63. The molecule has 0 unspecified atom stereocenters. The Kier molecular flexibility index (Phi) is 8.35. The molecular weight excluding hydrogens is 301 g/mol. The molecule has 1 aromatic carbocycles. The van der Waals surface area contributed by atoms with Crippen molar-refractivity contribution in [3.63, 3.8) is 0 Å². The van der Waals surface area contributed by atoms with Gasteiger partial charge in [-0.3, -0.25) is 4.90 Å². The molecule has 1 aliphatic rings. The molecule has 1 saturated heterocycles. The number of benzene rings is 1. The average Bonchev–Trinajstić information content (AvgIpc) is 2.36. The van der Waals surface area contributed by atoms with E-state index in [-0.39, 0.29) is 42.4 Å². The van der Waals surface area contributed by atoms with Gasteiger partial charge in [0.15, 0.2) is 0 Å². The zero-order valence-corrected chi connectivity index (χ0v) is 12.6. The molecule has 1 fully saturated rings. The van der Waals surface area contributed by atoms with Crippen LogP contribution in [0.3, 0.4) is 0 Å². The van der Waals surface area contributed by atoms with Gasteiger partial charge in [-0.05, 0) is 17.7 Å². The Hall–Kier alpha value is -1.19. The molecule has 0 saturated carbocycles. The van der Waals surface area contributed by atoms with Crippen molar-refractivity contribution in [1.29, 1.82) is 5.26 Å². The maximum Gasteiger partial charge on any atom is 0.119 e. The fourth-order valence-electron chi connectivity index (χ4n) is 2.35. The molecule has 0 bridgehead atoms. The molecule has 3 N–H and O–H groups in total. The molecule has 5 nitrogen and oxygen atoms in total. The number of rotatable bonds is 3. The smallest absolute Gasteiger partial charge is 0.119 e. The van der Waals surface area contributed by atoms with E-state index in [1.807, 2.05) is 0 Å². The third kappa shape index (κ3) is 4.73. The Labute approximate surface area is 131 Å². The Morgan fingerprint density at radius 2 is 1.70 bits per heavy atom. The molecule has 112 valence electrons. The van der Waals surface area contributed by atoms with E-state index in [1.54, 1.807) is 12.1 Å². The third-order valence-corrected chi connectivity index (χ3v) is 3.19. The number of nitrogens with zero attached hydrogens (tertiary/aromatic N) is 2. The topological polar surface area (TPSA) is 79.5 Å². The summed E-state index contributed by atoms with van der Waals surface area (Å²) in [5.41, 5.74) is 0.788. The highest BCUT2D eigenvalue weighted by Gasteiger charge is 2.22. The van der Waals surface area contributed by atoms with Gasteiger partial charge in [-0.2, -0.15) is 5.26 Å². The van der Waals surface area contributed by atoms with Crippen LogP contribution in [0.4, 0.5) is 0 Å². The largest absolute Gasteiger partial charge is 0.508 e. The van der Waals surface area contributed by atoms with Gasteiger partial charge in [-0.1, -0.05) is 0 Å². The van der Waals surface area contributed by atoms with Crippen LogP contribution in [0.1, 0.15) is 18.0 Å². The SMILES string of the molecule is Cl.Cl.N#CC[C@@H](c1cc(O)cc(O)c1)N1CCNCC1. The van der Waals surface area contributed by atoms with Crippen molar-refractivity contribution in [2.75, 3.05) is 26.2 Å². The molecule has 0 aromatic heterocycles. The van der Waals surface area contributed by atoms with Crippen LogP contribution >= 0.6 is 24.8 Å². The van der Waals surface area contributed by atoms with Gasteiger partial charge in [-0.25, -0.2) is 0 Å². The predicted octanol–water partition coefficient (Wildman–Crippen LogP) is 1.80. The van der Waals surface area contributed by atoms with Crippen molar-refractivity contribution in [1.82, 2.24) is 10.2 Å². The second-order valence-corrected chi connectivity index (χ2v) is 4.45. The molecule has 1 heterocycles. The maximum atomic E-state index is 9.54. The standard InChI is InChI=1S/C13H17N3O2.2ClH/c14-2-1-13(16-5-3-15-4-6-16)10-7-11(17)9-12(18)8-10;;/h7-9,13,15,17-18H,1,3-6H2;2*1H/t13-;;/m0../s1. The summed E-state index contributed by atoms with van der Waals surface area (Å²) in [6.07, 6.45) is 0.350. The summed E-state index contributed by atoms with van der Waals surface area (Å²) in [7, 11) is 0. The van der Waals surface area contributed by atoms with E-state index in [2.05, 4.69) is 16.3 Å². The van der Waals surface area contributed by atoms with Crippen molar-refractivity contribution in [3.05, 3.63) is 23.8 Å². The average molecular weight is 320 g/mol. The summed E-state index contributed by atoms with van der Waals surface area (Å²) in [5.74, 6) is 0.0612. The van der Waals surface area contributed by atoms with Crippen LogP contribution in [0.2, 0.25) is 0 Å². The van der Waals surface area contributed by atoms with Crippen molar-refractivity contribution in [3.8, 4) is 17.6 Å². The number of hydrogen-bond donors (Lipinski definition) is 3. The number of piperazine rings is 1. The quantitative estimate of drug-likeness (QED) is 0.791. The molecule has 2 rings (SSSR count). The number of nitrogens with one attached hydrogen (secondary N) is 1. The summed E-state index contributed by atoms with van der Waals surface area (Å²) < 4.78 is 0. The predicted molar refractivity (Wildman–Crippen MR) is 81.7 cm³/mol. The first kappa shape index (κ1) is 18.8. The lowest BCUT2D eigenvalue weighted by atomic mass is 10.0. The van der Waals surface area contributed by atoms with Crippen molar-refractivity contribution < 1.29 is 10.2 Å². The van der Waals surface area contributed by atoms with E-state index in [9.17, 15) is 10.2 Å². The number of halogens is 2. The van der Waals surface area contributed by atoms with Crippen LogP contribution in [-0.2, 0) is 0 Å². The molecule has 20 heavy (non-hydrogen) atoms. The lowest BCUT2D eigenvalue weighted by Gasteiger charge is -2.34. The molecule has 7 heteroatoms. The summed E-state index contributed by atoms with van der Waals surface area (Å²) in [5, 5.41) is 31.3. The fourth-order valence-corrected chi connectivity index (χ4v) is 2.35. The highest BCUT2D eigenvalue weighted by atomic mass is 35.5. The van der Waals surface area contributed by atoms with E-state index in [4.69, 9.17) is 5.26 Å². The first-order chi connectivity index (χ1) is 8.70. The Morgan fingerprint density at radius 3 is 2.20 bits per heavy atom. The minimum atomic E-state index is -0.0740. The zero-order valence-electron chi connectivity index (χ0n) is 11.0. The number of phenols is 2. The van der Waals surface area contributed by atoms with Crippen LogP contribution < -0.4 is 5.32 Å². The highest BCUT2D eigenvalue weighted by molar-refractivity contribution is 5.85. The number of hydrogen-bond acceptors (Lipinski definition) is 5. The Balaban J connectivity index is 0.00000180. The molecule has 0 aliphatic carbocycles. The van der Waals surface area contributed by atoms with Crippen molar-refractivity contribution in [2.24, 2.45) is 0 Å². The normalized spacial score (nSPS) is 16.4. The van der Waals surface area contributed by atoms with Crippen LogP contribution in [0, 0.1) is 11.3 Å². The fraction of sp³-hybridized carbons (Fsp3) is 0.462. The third-order valence-electron chi connectivity index (χ3n) is 3.19. The van der Waals surface area contributed by atoms with Gasteiger partial charge < -0.3 is 15.5 Å². The Morgan fingerprint density at radius 1 is 1.15 bits per heavy atom. The highest BCUT2D eigenvalue weighted by Crippen LogP contribution is 2.30. The summed E-state index contributed by atoms with van der Waals surface area (Å²) in [4.78, 5) is 2.20. The van der Waals surface area contributed by atoms with Gasteiger partial charge in [0.05, 0.1) is 12.5 Å².